The summed E-state index contributed by atoms with van der Waals surface area (Å²) in [5.74, 6) is -0.393. The van der Waals surface area contributed by atoms with Crippen molar-refractivity contribution in [1.82, 2.24) is 0 Å². The summed E-state index contributed by atoms with van der Waals surface area (Å²) in [6.07, 6.45) is 0. The molecule has 3 N–H and O–H groups in total. The number of nitrogens with two attached hydrogens (primary N) is 1. The second-order valence-electron chi connectivity index (χ2n) is 2.29. The van der Waals surface area contributed by atoms with Crippen LogP contribution in [0.1, 0.15) is 11.1 Å². The number of aliphatic hydroxyl groups is 1. The quantitative estimate of drug-likeness (QED) is 0.738. The molecule has 0 amide bonds. The molecule has 4 heteroatoms. The lowest BCUT2D eigenvalue weighted by Crippen LogP contribution is -1.98. The third-order valence-electron chi connectivity index (χ3n) is 1.52. The molecule has 0 saturated carbocycles. The van der Waals surface area contributed by atoms with Crippen molar-refractivity contribution in [1.29, 1.82) is 0 Å². The van der Waals surface area contributed by atoms with Crippen LogP contribution in [-0.4, -0.2) is 5.11 Å². The normalized spacial score (nSPS) is 9.25. The zero-order valence-corrected chi connectivity index (χ0v) is 7.27. The van der Waals surface area contributed by atoms with E-state index >= 15 is 0 Å². The van der Waals surface area contributed by atoms with Crippen LogP contribution in [0, 0.1) is 5.82 Å². The van der Waals surface area contributed by atoms with Crippen molar-refractivity contribution in [2.45, 2.75) is 13.2 Å². The summed E-state index contributed by atoms with van der Waals surface area (Å²) < 4.78 is 12.8. The molecule has 68 valence electrons. The Bertz CT molecular complexity index is 255. The Morgan fingerprint density at radius 3 is 2.50 bits per heavy atom. The Morgan fingerprint density at radius 2 is 2.08 bits per heavy atom. The van der Waals surface area contributed by atoms with Crippen molar-refractivity contribution in [2.24, 2.45) is 5.73 Å². The Balaban J connectivity index is 0.00000121. The van der Waals surface area contributed by atoms with E-state index < -0.39 is 5.82 Å². The van der Waals surface area contributed by atoms with E-state index in [1.807, 2.05) is 0 Å². The minimum Gasteiger partial charge on any atom is -0.392 e. The lowest BCUT2D eigenvalue weighted by molar-refractivity contribution is 0.275. The van der Waals surface area contributed by atoms with Crippen LogP contribution in [0.3, 0.4) is 0 Å². The van der Waals surface area contributed by atoms with Crippen molar-refractivity contribution < 1.29 is 9.50 Å². The average Bonchev–Trinajstić information content (AvgIpc) is 2.04. The number of hydrogen-bond acceptors (Lipinski definition) is 2. The summed E-state index contributed by atoms with van der Waals surface area (Å²) >= 11 is 0. The van der Waals surface area contributed by atoms with Gasteiger partial charge < -0.3 is 10.8 Å². The molecule has 0 bridgehead atoms. The first kappa shape index (κ1) is 11.4. The van der Waals surface area contributed by atoms with Gasteiger partial charge in [0.15, 0.2) is 0 Å². The maximum Gasteiger partial charge on any atom is 0.129 e. The summed E-state index contributed by atoms with van der Waals surface area (Å²) in [6.45, 7) is 0.0549. The maximum absolute atomic E-state index is 12.8. The topological polar surface area (TPSA) is 46.2 Å². The van der Waals surface area contributed by atoms with Gasteiger partial charge >= 0.3 is 0 Å². The van der Waals surface area contributed by atoms with Gasteiger partial charge in [0.2, 0.25) is 0 Å². The first-order valence-electron chi connectivity index (χ1n) is 3.36. The van der Waals surface area contributed by atoms with E-state index in [-0.39, 0.29) is 19.0 Å². The summed E-state index contributed by atoms with van der Waals surface area (Å²) in [7, 11) is 0. The summed E-state index contributed by atoms with van der Waals surface area (Å²) in [5.41, 5.74) is 6.32. The monoisotopic (exact) mass is 191 g/mol. The number of aliphatic hydroxyl groups excluding tert-OH is 1. The average molecular weight is 192 g/mol. The number of rotatable bonds is 2. The highest BCUT2D eigenvalue weighted by Crippen LogP contribution is 2.09. The van der Waals surface area contributed by atoms with E-state index in [0.717, 1.165) is 5.56 Å². The summed E-state index contributed by atoms with van der Waals surface area (Å²) in [4.78, 5) is 0. The molecule has 1 aromatic rings. The van der Waals surface area contributed by atoms with E-state index in [1.165, 1.54) is 12.1 Å². The third kappa shape index (κ3) is 2.44. The Kier molecular flexibility index (Phi) is 4.81. The molecule has 1 aromatic carbocycles. The molecule has 1 rings (SSSR count). The van der Waals surface area contributed by atoms with Gasteiger partial charge in [-0.2, -0.15) is 0 Å². The van der Waals surface area contributed by atoms with Crippen LogP contribution in [0.15, 0.2) is 18.2 Å². The standard InChI is InChI=1S/C8H10FNO.ClH/c9-8-3-6(4-10)1-2-7(8)5-11;/h1-3,11H,4-5,10H2;1H. The van der Waals surface area contributed by atoms with Crippen LogP contribution in [0.2, 0.25) is 0 Å². The van der Waals surface area contributed by atoms with Gasteiger partial charge in [-0.25, -0.2) is 4.39 Å². The Labute approximate surface area is 76.6 Å². The lowest BCUT2D eigenvalue weighted by atomic mass is 10.1. The van der Waals surface area contributed by atoms with Gasteiger partial charge in [0.1, 0.15) is 5.82 Å². The summed E-state index contributed by atoms with van der Waals surface area (Å²) in [5, 5.41) is 8.61. The van der Waals surface area contributed by atoms with Gasteiger partial charge in [0.05, 0.1) is 6.61 Å². The highest BCUT2D eigenvalue weighted by atomic mass is 35.5. The maximum atomic E-state index is 12.8. The minimum atomic E-state index is -0.393. The first-order valence-corrected chi connectivity index (χ1v) is 3.36. The van der Waals surface area contributed by atoms with E-state index in [1.54, 1.807) is 6.07 Å². The molecule has 0 heterocycles. The van der Waals surface area contributed by atoms with Gasteiger partial charge in [-0.05, 0) is 11.6 Å². The summed E-state index contributed by atoms with van der Waals surface area (Å²) in [6, 6.07) is 4.58. The molecular formula is C8H11ClFNO. The molecule has 0 aliphatic carbocycles. The molecule has 0 aliphatic rings. The highest BCUT2D eigenvalue weighted by molar-refractivity contribution is 5.85. The van der Waals surface area contributed by atoms with Crippen LogP contribution >= 0.6 is 12.4 Å². The molecule has 0 atom stereocenters. The first-order chi connectivity index (χ1) is 5.27. The number of hydrogen-bond donors (Lipinski definition) is 2. The molecule has 0 aliphatic heterocycles. The van der Waals surface area contributed by atoms with Gasteiger partial charge in [0.25, 0.3) is 0 Å². The fraction of sp³-hybridized carbons (Fsp3) is 0.250. The Hall–Kier alpha value is -0.640. The molecule has 0 radical (unpaired) electrons. The van der Waals surface area contributed by atoms with Crippen LogP contribution in [0.25, 0.3) is 0 Å². The van der Waals surface area contributed by atoms with Crippen molar-refractivity contribution in [3.05, 3.63) is 35.1 Å². The van der Waals surface area contributed by atoms with Crippen LogP contribution in [0.5, 0.6) is 0 Å². The largest absolute Gasteiger partial charge is 0.392 e. The van der Waals surface area contributed by atoms with E-state index in [4.69, 9.17) is 10.8 Å². The molecule has 2 nitrogen and oxygen atoms in total. The molecule has 0 spiro atoms. The fourth-order valence-electron chi connectivity index (χ4n) is 0.846. The number of benzene rings is 1. The van der Waals surface area contributed by atoms with Crippen molar-refractivity contribution >= 4 is 12.4 Å². The molecule has 0 aromatic heterocycles. The third-order valence-corrected chi connectivity index (χ3v) is 1.52. The molecule has 0 unspecified atom stereocenters. The SMILES string of the molecule is Cl.NCc1ccc(CO)c(F)c1. The second kappa shape index (κ2) is 5.09. The van der Waals surface area contributed by atoms with Gasteiger partial charge in [-0.1, -0.05) is 12.1 Å². The van der Waals surface area contributed by atoms with Gasteiger partial charge in [0, 0.05) is 12.1 Å². The fourth-order valence-corrected chi connectivity index (χ4v) is 0.846. The molecule has 0 fully saturated rings. The van der Waals surface area contributed by atoms with E-state index in [0.29, 0.717) is 12.1 Å². The molecule has 0 saturated heterocycles. The zero-order valence-electron chi connectivity index (χ0n) is 6.46. The highest BCUT2D eigenvalue weighted by Gasteiger charge is 2.00. The van der Waals surface area contributed by atoms with Crippen molar-refractivity contribution in [3.8, 4) is 0 Å². The zero-order chi connectivity index (χ0) is 8.27. The van der Waals surface area contributed by atoms with Crippen LogP contribution < -0.4 is 5.73 Å². The minimum absolute atomic E-state index is 0. The molecule has 12 heavy (non-hydrogen) atoms. The van der Waals surface area contributed by atoms with E-state index in [9.17, 15) is 4.39 Å². The van der Waals surface area contributed by atoms with Gasteiger partial charge in [-0.15, -0.1) is 12.4 Å². The Morgan fingerprint density at radius 1 is 1.42 bits per heavy atom. The smallest absolute Gasteiger partial charge is 0.129 e. The second-order valence-corrected chi connectivity index (χ2v) is 2.29. The van der Waals surface area contributed by atoms with Gasteiger partial charge in [-0.3, -0.25) is 0 Å². The number of halogens is 2. The van der Waals surface area contributed by atoms with Crippen LogP contribution in [0.4, 0.5) is 4.39 Å². The van der Waals surface area contributed by atoms with Crippen molar-refractivity contribution in [2.75, 3.05) is 0 Å². The predicted molar refractivity (Wildman–Crippen MR) is 47.5 cm³/mol. The lowest BCUT2D eigenvalue weighted by Gasteiger charge is -2.00. The van der Waals surface area contributed by atoms with E-state index in [2.05, 4.69) is 0 Å². The molecular weight excluding hydrogens is 181 g/mol. The predicted octanol–water partition coefficient (Wildman–Crippen LogP) is 1.20. The van der Waals surface area contributed by atoms with Crippen molar-refractivity contribution in [3.63, 3.8) is 0 Å². The van der Waals surface area contributed by atoms with Crippen LogP contribution in [-0.2, 0) is 13.2 Å².